The van der Waals surface area contributed by atoms with Crippen molar-refractivity contribution in [1.82, 2.24) is 5.32 Å². The fraction of sp³-hybridized carbons (Fsp3) is 0.235. The molecule has 2 rings (SSSR count). The minimum Gasteiger partial charge on any atom is -0.496 e. The number of halogens is 1. The number of amides is 1. The van der Waals surface area contributed by atoms with Crippen molar-refractivity contribution in [2.75, 3.05) is 7.11 Å². The highest BCUT2D eigenvalue weighted by molar-refractivity contribution is 9.10. The van der Waals surface area contributed by atoms with Gasteiger partial charge in [0, 0.05) is 16.1 Å². The zero-order chi connectivity index (χ0) is 15.2. The molecule has 0 saturated heterocycles. The van der Waals surface area contributed by atoms with Crippen LogP contribution >= 0.6 is 15.9 Å². The molecule has 21 heavy (non-hydrogen) atoms. The van der Waals surface area contributed by atoms with E-state index in [0.717, 1.165) is 22.2 Å². The normalized spacial score (nSPS) is 11.8. The van der Waals surface area contributed by atoms with Crippen LogP contribution in [0.5, 0.6) is 5.75 Å². The van der Waals surface area contributed by atoms with Gasteiger partial charge in [0.15, 0.2) is 0 Å². The molecular formula is C17H18BrNO2. The number of methoxy groups -OCH3 is 1. The number of rotatable bonds is 5. The lowest BCUT2D eigenvalue weighted by Crippen LogP contribution is -2.34. The molecule has 0 saturated carbocycles. The Labute approximate surface area is 133 Å². The van der Waals surface area contributed by atoms with Crippen molar-refractivity contribution < 1.29 is 9.53 Å². The molecule has 1 atom stereocenters. The molecule has 0 aliphatic rings. The second-order valence-electron chi connectivity index (χ2n) is 4.90. The van der Waals surface area contributed by atoms with E-state index in [1.807, 2.05) is 49.4 Å². The van der Waals surface area contributed by atoms with E-state index in [1.165, 1.54) is 0 Å². The quantitative estimate of drug-likeness (QED) is 0.892. The van der Waals surface area contributed by atoms with Gasteiger partial charge in [-0.2, -0.15) is 0 Å². The molecule has 3 nitrogen and oxygen atoms in total. The van der Waals surface area contributed by atoms with Crippen LogP contribution in [0.1, 0.15) is 22.8 Å². The second kappa shape index (κ2) is 7.27. The Bertz CT molecular complexity index is 628. The summed E-state index contributed by atoms with van der Waals surface area (Å²) < 4.78 is 6.23. The first-order valence-corrected chi connectivity index (χ1v) is 7.58. The highest BCUT2D eigenvalue weighted by Gasteiger charge is 2.12. The number of nitrogens with one attached hydrogen (secondary N) is 1. The fourth-order valence-corrected chi connectivity index (χ4v) is 2.59. The Kier molecular flexibility index (Phi) is 5.39. The molecule has 0 fully saturated rings. The van der Waals surface area contributed by atoms with Gasteiger partial charge in [-0.25, -0.2) is 0 Å². The van der Waals surface area contributed by atoms with Crippen LogP contribution < -0.4 is 10.1 Å². The second-order valence-corrected chi connectivity index (χ2v) is 5.82. The van der Waals surface area contributed by atoms with Crippen LogP contribution in [0.4, 0.5) is 0 Å². The predicted molar refractivity (Wildman–Crippen MR) is 87.8 cm³/mol. The van der Waals surface area contributed by atoms with E-state index in [-0.39, 0.29) is 11.9 Å². The lowest BCUT2D eigenvalue weighted by atomic mass is 10.1. The van der Waals surface area contributed by atoms with Crippen molar-refractivity contribution in [3.05, 3.63) is 64.1 Å². The van der Waals surface area contributed by atoms with Gasteiger partial charge in [-0.05, 0) is 43.2 Å². The van der Waals surface area contributed by atoms with Crippen LogP contribution in [0.3, 0.4) is 0 Å². The van der Waals surface area contributed by atoms with E-state index in [9.17, 15) is 4.79 Å². The maximum Gasteiger partial charge on any atom is 0.251 e. The van der Waals surface area contributed by atoms with Gasteiger partial charge in [-0.1, -0.05) is 40.2 Å². The Morgan fingerprint density at radius 2 is 2.00 bits per heavy atom. The highest BCUT2D eigenvalue weighted by Crippen LogP contribution is 2.19. The molecule has 0 aliphatic heterocycles. The zero-order valence-corrected chi connectivity index (χ0v) is 13.7. The molecule has 1 N–H and O–H groups in total. The van der Waals surface area contributed by atoms with Gasteiger partial charge in [-0.3, -0.25) is 4.79 Å². The van der Waals surface area contributed by atoms with Crippen LogP contribution in [0.15, 0.2) is 53.0 Å². The van der Waals surface area contributed by atoms with Crippen molar-refractivity contribution in [2.45, 2.75) is 19.4 Å². The van der Waals surface area contributed by atoms with Gasteiger partial charge in [0.2, 0.25) is 0 Å². The summed E-state index contributed by atoms with van der Waals surface area (Å²) in [4.78, 5) is 12.2. The van der Waals surface area contributed by atoms with Crippen molar-refractivity contribution >= 4 is 21.8 Å². The maximum atomic E-state index is 12.2. The summed E-state index contributed by atoms with van der Waals surface area (Å²) in [6, 6.07) is 15.2. The molecular weight excluding hydrogens is 330 g/mol. The van der Waals surface area contributed by atoms with Crippen molar-refractivity contribution in [1.29, 1.82) is 0 Å². The monoisotopic (exact) mass is 347 g/mol. The number of carbonyl (C=O) groups excluding carboxylic acids is 1. The average Bonchev–Trinajstić information content (AvgIpc) is 2.47. The third-order valence-corrected chi connectivity index (χ3v) is 3.68. The average molecular weight is 348 g/mol. The number of hydrogen-bond acceptors (Lipinski definition) is 2. The number of benzene rings is 2. The smallest absolute Gasteiger partial charge is 0.251 e. The molecule has 0 radical (unpaired) electrons. The van der Waals surface area contributed by atoms with Gasteiger partial charge in [-0.15, -0.1) is 0 Å². The van der Waals surface area contributed by atoms with Gasteiger partial charge < -0.3 is 10.1 Å². The van der Waals surface area contributed by atoms with E-state index < -0.39 is 0 Å². The van der Waals surface area contributed by atoms with Crippen molar-refractivity contribution in [3.63, 3.8) is 0 Å². The summed E-state index contributed by atoms with van der Waals surface area (Å²) >= 11 is 3.37. The Morgan fingerprint density at radius 3 is 2.71 bits per heavy atom. The highest BCUT2D eigenvalue weighted by atomic mass is 79.9. The van der Waals surface area contributed by atoms with E-state index >= 15 is 0 Å². The SMILES string of the molecule is COc1ccccc1CC(C)NC(=O)c1cccc(Br)c1. The molecule has 2 aromatic rings. The number of hydrogen-bond donors (Lipinski definition) is 1. The van der Waals surface area contributed by atoms with E-state index in [1.54, 1.807) is 13.2 Å². The topological polar surface area (TPSA) is 38.3 Å². The minimum absolute atomic E-state index is 0.0211. The van der Waals surface area contributed by atoms with Gasteiger partial charge in [0.1, 0.15) is 5.75 Å². The van der Waals surface area contributed by atoms with Crippen molar-refractivity contribution in [2.24, 2.45) is 0 Å². The lowest BCUT2D eigenvalue weighted by molar-refractivity contribution is 0.0940. The number of carbonyl (C=O) groups is 1. The summed E-state index contributed by atoms with van der Waals surface area (Å²) in [7, 11) is 1.66. The third-order valence-electron chi connectivity index (χ3n) is 3.18. The summed E-state index contributed by atoms with van der Waals surface area (Å²) in [6.45, 7) is 1.99. The number of ether oxygens (including phenoxy) is 1. The van der Waals surface area contributed by atoms with Gasteiger partial charge in [0.05, 0.1) is 7.11 Å². The van der Waals surface area contributed by atoms with Crippen LogP contribution in [0, 0.1) is 0 Å². The minimum atomic E-state index is -0.0707. The molecule has 0 bridgehead atoms. The van der Waals surface area contributed by atoms with Crippen LogP contribution in [0.25, 0.3) is 0 Å². The largest absolute Gasteiger partial charge is 0.496 e. The van der Waals surface area contributed by atoms with E-state index in [0.29, 0.717) is 5.56 Å². The molecule has 0 spiro atoms. The zero-order valence-electron chi connectivity index (χ0n) is 12.1. The summed E-state index contributed by atoms with van der Waals surface area (Å²) in [6.07, 6.45) is 0.726. The predicted octanol–water partition coefficient (Wildman–Crippen LogP) is 3.82. The Hall–Kier alpha value is -1.81. The van der Waals surface area contributed by atoms with E-state index in [2.05, 4.69) is 21.2 Å². The molecule has 1 amide bonds. The Morgan fingerprint density at radius 1 is 1.24 bits per heavy atom. The van der Waals surface area contributed by atoms with Crippen LogP contribution in [0.2, 0.25) is 0 Å². The molecule has 4 heteroatoms. The molecule has 0 heterocycles. The fourth-order valence-electron chi connectivity index (χ4n) is 2.19. The number of para-hydroxylation sites is 1. The first kappa shape index (κ1) is 15.6. The van der Waals surface area contributed by atoms with Gasteiger partial charge in [0.25, 0.3) is 5.91 Å². The Balaban J connectivity index is 2.01. The summed E-state index contributed by atoms with van der Waals surface area (Å²) in [5, 5.41) is 3.01. The van der Waals surface area contributed by atoms with Crippen LogP contribution in [-0.2, 0) is 6.42 Å². The lowest BCUT2D eigenvalue weighted by Gasteiger charge is -2.16. The summed E-state index contributed by atoms with van der Waals surface area (Å²) in [5.41, 5.74) is 1.73. The molecule has 2 aromatic carbocycles. The molecule has 0 aliphatic carbocycles. The third kappa shape index (κ3) is 4.33. The van der Waals surface area contributed by atoms with Crippen LogP contribution in [-0.4, -0.2) is 19.1 Å². The summed E-state index contributed by atoms with van der Waals surface area (Å²) in [5.74, 6) is 0.778. The molecule has 0 aromatic heterocycles. The molecule has 1 unspecified atom stereocenters. The first-order valence-electron chi connectivity index (χ1n) is 6.78. The molecule has 110 valence electrons. The maximum absolute atomic E-state index is 12.2. The first-order chi connectivity index (χ1) is 10.1. The van der Waals surface area contributed by atoms with Crippen molar-refractivity contribution in [3.8, 4) is 5.75 Å². The standard InChI is InChI=1S/C17H18BrNO2/c1-12(10-13-6-3-4-9-16(13)21-2)19-17(20)14-7-5-8-15(18)11-14/h3-9,11-12H,10H2,1-2H3,(H,19,20). The van der Waals surface area contributed by atoms with Gasteiger partial charge >= 0.3 is 0 Å². The van der Waals surface area contributed by atoms with E-state index in [4.69, 9.17) is 4.74 Å².